The van der Waals surface area contributed by atoms with Gasteiger partial charge in [0.25, 0.3) is 0 Å². The quantitative estimate of drug-likeness (QED) is 0.739. The second-order valence-electron chi connectivity index (χ2n) is 8.05. The third-order valence-corrected chi connectivity index (χ3v) is 6.42. The van der Waals surface area contributed by atoms with E-state index in [9.17, 15) is 9.90 Å². The van der Waals surface area contributed by atoms with E-state index in [-0.39, 0.29) is 24.6 Å². The molecule has 5 nitrogen and oxygen atoms in total. The number of amides is 2. The first kappa shape index (κ1) is 18.0. The van der Waals surface area contributed by atoms with E-state index >= 15 is 0 Å². The average Bonchev–Trinajstić information content (AvgIpc) is 2.63. The predicted octanol–water partition coefficient (Wildman–Crippen LogP) is 2.63. The topological polar surface area (TPSA) is 64.6 Å². The van der Waals surface area contributed by atoms with Crippen LogP contribution in [0.2, 0.25) is 0 Å². The van der Waals surface area contributed by atoms with Crippen LogP contribution in [0.4, 0.5) is 4.79 Å². The van der Waals surface area contributed by atoms with E-state index < -0.39 is 0 Å². The fraction of sp³-hybridized carbons (Fsp3) is 0.947. The maximum absolute atomic E-state index is 12.3. The van der Waals surface area contributed by atoms with Crippen molar-refractivity contribution in [1.29, 1.82) is 0 Å². The minimum absolute atomic E-state index is 0.0310. The predicted molar refractivity (Wildman–Crippen MR) is 96.0 cm³/mol. The first-order valence-electron chi connectivity index (χ1n) is 10.2. The average molecular weight is 338 g/mol. The van der Waals surface area contributed by atoms with Crippen molar-refractivity contribution in [3.8, 4) is 0 Å². The number of nitrogens with zero attached hydrogens (tertiary/aromatic N) is 1. The highest BCUT2D eigenvalue weighted by molar-refractivity contribution is 5.74. The first-order chi connectivity index (χ1) is 11.8. The van der Waals surface area contributed by atoms with Gasteiger partial charge in [-0.1, -0.05) is 32.1 Å². The van der Waals surface area contributed by atoms with Crippen LogP contribution in [0.3, 0.4) is 0 Å². The van der Waals surface area contributed by atoms with Crippen molar-refractivity contribution < 1.29 is 9.90 Å². The molecule has 24 heavy (non-hydrogen) atoms. The van der Waals surface area contributed by atoms with Crippen LogP contribution in [0.1, 0.15) is 70.6 Å². The number of likely N-dealkylation sites (tertiary alicyclic amines) is 1. The van der Waals surface area contributed by atoms with Gasteiger partial charge in [0.15, 0.2) is 0 Å². The van der Waals surface area contributed by atoms with Crippen LogP contribution in [0.25, 0.3) is 0 Å². The summed E-state index contributed by atoms with van der Waals surface area (Å²) in [7, 11) is 0. The molecule has 0 aromatic carbocycles. The molecule has 2 aliphatic carbocycles. The number of urea groups is 1. The Morgan fingerprint density at radius 1 is 0.875 bits per heavy atom. The normalized spacial score (nSPS) is 30.9. The SMILES string of the molecule is O=C(NC1CCN(C2CCCCC2)CC1)NC1CCCCC1CO. The summed E-state index contributed by atoms with van der Waals surface area (Å²) >= 11 is 0. The van der Waals surface area contributed by atoms with Crippen molar-refractivity contribution in [3.05, 3.63) is 0 Å². The zero-order valence-corrected chi connectivity index (χ0v) is 15.0. The standard InChI is InChI=1S/C19H35N3O2/c23-14-15-6-4-5-9-18(15)21-19(24)20-16-10-12-22(13-11-16)17-7-2-1-3-8-17/h15-18,23H,1-14H2,(H2,20,21,24). The summed E-state index contributed by atoms with van der Waals surface area (Å²) in [5, 5.41) is 15.8. The van der Waals surface area contributed by atoms with Gasteiger partial charge in [0, 0.05) is 43.7 Å². The van der Waals surface area contributed by atoms with Gasteiger partial charge in [-0.15, -0.1) is 0 Å². The summed E-state index contributed by atoms with van der Waals surface area (Å²) < 4.78 is 0. The van der Waals surface area contributed by atoms with Gasteiger partial charge in [-0.05, 0) is 38.5 Å². The highest BCUT2D eigenvalue weighted by atomic mass is 16.3. The summed E-state index contributed by atoms with van der Waals surface area (Å²) in [5.74, 6) is 0.234. The van der Waals surface area contributed by atoms with Crippen LogP contribution >= 0.6 is 0 Å². The molecule has 1 heterocycles. The van der Waals surface area contributed by atoms with E-state index in [2.05, 4.69) is 15.5 Å². The van der Waals surface area contributed by atoms with Crippen molar-refractivity contribution in [2.45, 2.75) is 88.8 Å². The number of hydrogen-bond acceptors (Lipinski definition) is 3. The monoisotopic (exact) mass is 337 g/mol. The fourth-order valence-corrected chi connectivity index (χ4v) is 4.87. The van der Waals surface area contributed by atoms with E-state index in [0.29, 0.717) is 6.04 Å². The Balaban J connectivity index is 1.38. The van der Waals surface area contributed by atoms with Crippen molar-refractivity contribution in [3.63, 3.8) is 0 Å². The van der Waals surface area contributed by atoms with Gasteiger partial charge in [-0.25, -0.2) is 4.79 Å². The minimum Gasteiger partial charge on any atom is -0.396 e. The molecule has 2 unspecified atom stereocenters. The molecule has 0 bridgehead atoms. The third kappa shape index (κ3) is 4.85. The van der Waals surface area contributed by atoms with Crippen molar-refractivity contribution in [1.82, 2.24) is 15.5 Å². The summed E-state index contributed by atoms with van der Waals surface area (Å²) in [6, 6.07) is 1.21. The van der Waals surface area contributed by atoms with Gasteiger partial charge in [0.05, 0.1) is 0 Å². The lowest BCUT2D eigenvalue weighted by Gasteiger charge is -2.39. The number of rotatable bonds is 4. The van der Waals surface area contributed by atoms with Gasteiger partial charge in [-0.3, -0.25) is 0 Å². The highest BCUT2D eigenvalue weighted by Crippen LogP contribution is 2.26. The van der Waals surface area contributed by atoms with Crippen LogP contribution in [-0.2, 0) is 0 Å². The maximum Gasteiger partial charge on any atom is 0.315 e. The molecule has 2 saturated carbocycles. The van der Waals surface area contributed by atoms with Gasteiger partial charge >= 0.3 is 6.03 Å². The van der Waals surface area contributed by atoms with Gasteiger partial charge in [0.1, 0.15) is 0 Å². The number of carbonyl (C=O) groups excluding carboxylic acids is 1. The second-order valence-corrected chi connectivity index (χ2v) is 8.05. The molecule has 0 radical (unpaired) electrons. The summed E-state index contributed by atoms with van der Waals surface area (Å²) in [4.78, 5) is 15.0. The molecule has 0 spiro atoms. The molecule has 3 N–H and O–H groups in total. The van der Waals surface area contributed by atoms with E-state index in [4.69, 9.17) is 0 Å². The van der Waals surface area contributed by atoms with Crippen LogP contribution in [-0.4, -0.2) is 53.9 Å². The molecule has 3 aliphatic rings. The molecule has 2 atom stereocenters. The Kier molecular flexibility index (Phi) is 6.78. The largest absolute Gasteiger partial charge is 0.396 e. The minimum atomic E-state index is -0.0310. The molecule has 3 fully saturated rings. The number of aliphatic hydroxyl groups excluding tert-OH is 1. The molecule has 5 heteroatoms. The Morgan fingerprint density at radius 2 is 1.54 bits per heavy atom. The fourth-order valence-electron chi connectivity index (χ4n) is 4.87. The number of nitrogens with one attached hydrogen (secondary N) is 2. The molecule has 2 amide bonds. The smallest absolute Gasteiger partial charge is 0.315 e. The lowest BCUT2D eigenvalue weighted by molar-refractivity contribution is 0.115. The van der Waals surface area contributed by atoms with Crippen LogP contribution in [0, 0.1) is 5.92 Å². The Morgan fingerprint density at radius 3 is 2.25 bits per heavy atom. The third-order valence-electron chi connectivity index (χ3n) is 6.42. The Bertz CT molecular complexity index is 390. The molecule has 3 rings (SSSR count). The molecule has 1 saturated heterocycles. The van der Waals surface area contributed by atoms with Gasteiger partial charge in [-0.2, -0.15) is 0 Å². The van der Waals surface area contributed by atoms with Crippen molar-refractivity contribution in [2.75, 3.05) is 19.7 Å². The molecule has 138 valence electrons. The summed E-state index contributed by atoms with van der Waals surface area (Å²) in [6.45, 7) is 2.43. The number of aliphatic hydroxyl groups is 1. The molecular weight excluding hydrogens is 302 g/mol. The molecule has 0 aromatic heterocycles. The summed E-state index contributed by atoms with van der Waals surface area (Å²) in [6.07, 6.45) is 13.4. The van der Waals surface area contributed by atoms with Crippen LogP contribution in [0.5, 0.6) is 0 Å². The van der Waals surface area contributed by atoms with E-state index in [0.717, 1.165) is 51.2 Å². The van der Waals surface area contributed by atoms with Crippen LogP contribution in [0.15, 0.2) is 0 Å². The number of hydrogen-bond donors (Lipinski definition) is 3. The first-order valence-corrected chi connectivity index (χ1v) is 10.2. The highest BCUT2D eigenvalue weighted by Gasteiger charge is 2.29. The molecule has 1 aliphatic heterocycles. The Labute approximate surface area is 146 Å². The lowest BCUT2D eigenvalue weighted by atomic mass is 9.85. The molecule has 0 aromatic rings. The summed E-state index contributed by atoms with van der Waals surface area (Å²) in [5.41, 5.74) is 0. The van der Waals surface area contributed by atoms with E-state index in [1.807, 2.05) is 0 Å². The van der Waals surface area contributed by atoms with E-state index in [1.54, 1.807) is 0 Å². The van der Waals surface area contributed by atoms with Crippen molar-refractivity contribution in [2.24, 2.45) is 5.92 Å². The maximum atomic E-state index is 12.3. The van der Waals surface area contributed by atoms with E-state index in [1.165, 1.54) is 38.5 Å². The second kappa shape index (κ2) is 9.04. The zero-order valence-electron chi connectivity index (χ0n) is 15.0. The van der Waals surface area contributed by atoms with Gasteiger partial charge < -0.3 is 20.6 Å². The van der Waals surface area contributed by atoms with Crippen molar-refractivity contribution >= 4 is 6.03 Å². The lowest BCUT2D eigenvalue weighted by Crippen LogP contribution is -2.53. The molecular formula is C19H35N3O2. The Hall–Kier alpha value is -0.810. The van der Waals surface area contributed by atoms with Gasteiger partial charge in [0.2, 0.25) is 0 Å². The number of piperidine rings is 1. The zero-order chi connectivity index (χ0) is 16.8. The number of carbonyl (C=O) groups is 1. The van der Waals surface area contributed by atoms with Crippen LogP contribution < -0.4 is 10.6 Å².